The highest BCUT2D eigenvalue weighted by Crippen LogP contribution is 2.17. The summed E-state index contributed by atoms with van der Waals surface area (Å²) >= 11 is 3.37. The predicted octanol–water partition coefficient (Wildman–Crippen LogP) is 2.29. The maximum atomic E-state index is 11.7. The van der Waals surface area contributed by atoms with Crippen LogP contribution >= 0.6 is 15.9 Å². The minimum Gasteiger partial charge on any atom is -0.467 e. The van der Waals surface area contributed by atoms with Gasteiger partial charge in [0.1, 0.15) is 5.76 Å². The maximum Gasteiger partial charge on any atom is 0.236 e. The molecule has 1 aromatic heterocycles. The molecule has 2 N–H and O–H groups in total. The summed E-state index contributed by atoms with van der Waals surface area (Å²) in [4.78, 5) is 11.7. The second-order valence-electron chi connectivity index (χ2n) is 4.43. The van der Waals surface area contributed by atoms with Gasteiger partial charge in [0.2, 0.25) is 5.91 Å². The number of hydrogen-bond donors (Lipinski definition) is 2. The normalized spacial score (nSPS) is 12.8. The topological polar surface area (TPSA) is 54.3 Å². The van der Waals surface area contributed by atoms with Crippen LogP contribution in [0.5, 0.6) is 0 Å². The third-order valence-electron chi connectivity index (χ3n) is 2.34. The highest BCUT2D eigenvalue weighted by molar-refractivity contribution is 9.10. The van der Waals surface area contributed by atoms with Crippen LogP contribution in [0.4, 0.5) is 0 Å². The molecule has 1 amide bonds. The molecule has 1 atom stereocenters. The smallest absolute Gasteiger partial charge is 0.236 e. The fourth-order valence-corrected chi connectivity index (χ4v) is 1.59. The zero-order valence-corrected chi connectivity index (χ0v) is 12.0. The maximum absolute atomic E-state index is 11.7. The molecule has 0 aliphatic rings. The van der Waals surface area contributed by atoms with Crippen LogP contribution in [0.1, 0.15) is 26.5 Å². The van der Waals surface area contributed by atoms with Crippen LogP contribution in [-0.4, -0.2) is 18.5 Å². The molecule has 0 aromatic carbocycles. The zero-order chi connectivity index (χ0) is 12.8. The SMILES string of the molecule is CC(C)CNC(=O)C(C)NCc1occc1Br. The Morgan fingerprint density at radius 3 is 2.71 bits per heavy atom. The van der Waals surface area contributed by atoms with Crippen molar-refractivity contribution in [2.45, 2.75) is 33.4 Å². The number of amides is 1. The number of rotatable bonds is 6. The molecule has 0 radical (unpaired) electrons. The van der Waals surface area contributed by atoms with Crippen molar-refractivity contribution in [2.75, 3.05) is 6.54 Å². The number of furan rings is 1. The summed E-state index contributed by atoms with van der Waals surface area (Å²) < 4.78 is 6.17. The Morgan fingerprint density at radius 2 is 2.18 bits per heavy atom. The molecule has 0 aliphatic heterocycles. The fourth-order valence-electron chi connectivity index (χ4n) is 1.25. The summed E-state index contributed by atoms with van der Waals surface area (Å²) in [5, 5.41) is 6.00. The first kappa shape index (κ1) is 14.3. The number of carbonyl (C=O) groups excluding carboxylic acids is 1. The summed E-state index contributed by atoms with van der Waals surface area (Å²) in [5.74, 6) is 1.28. The van der Waals surface area contributed by atoms with Crippen molar-refractivity contribution in [3.05, 3.63) is 22.6 Å². The van der Waals surface area contributed by atoms with Crippen LogP contribution < -0.4 is 10.6 Å². The van der Waals surface area contributed by atoms with Crippen molar-refractivity contribution in [1.29, 1.82) is 0 Å². The van der Waals surface area contributed by atoms with Crippen molar-refractivity contribution in [2.24, 2.45) is 5.92 Å². The second kappa shape index (κ2) is 6.81. The summed E-state index contributed by atoms with van der Waals surface area (Å²) in [6.07, 6.45) is 1.62. The Balaban J connectivity index is 2.31. The average Bonchev–Trinajstić information content (AvgIpc) is 2.68. The van der Waals surface area contributed by atoms with E-state index in [-0.39, 0.29) is 11.9 Å². The van der Waals surface area contributed by atoms with Crippen LogP contribution in [0.3, 0.4) is 0 Å². The van der Waals surface area contributed by atoms with Crippen LogP contribution in [-0.2, 0) is 11.3 Å². The Kier molecular flexibility index (Phi) is 5.71. The van der Waals surface area contributed by atoms with Gasteiger partial charge in [-0.25, -0.2) is 0 Å². The molecular weight excluding hydrogens is 284 g/mol. The van der Waals surface area contributed by atoms with Gasteiger partial charge in [-0.05, 0) is 34.8 Å². The summed E-state index contributed by atoms with van der Waals surface area (Å²) in [5.41, 5.74) is 0. The molecule has 0 fully saturated rings. The molecule has 4 nitrogen and oxygen atoms in total. The van der Waals surface area contributed by atoms with E-state index in [1.54, 1.807) is 6.26 Å². The molecular formula is C12H19BrN2O2. The van der Waals surface area contributed by atoms with E-state index in [0.717, 1.165) is 10.2 Å². The fraction of sp³-hybridized carbons (Fsp3) is 0.583. The largest absolute Gasteiger partial charge is 0.467 e. The lowest BCUT2D eigenvalue weighted by atomic mass is 10.2. The molecule has 17 heavy (non-hydrogen) atoms. The molecule has 0 aliphatic carbocycles. The first-order chi connectivity index (χ1) is 8.00. The van der Waals surface area contributed by atoms with Crippen molar-refractivity contribution < 1.29 is 9.21 Å². The Hall–Kier alpha value is -0.810. The van der Waals surface area contributed by atoms with Crippen molar-refractivity contribution in [3.8, 4) is 0 Å². The van der Waals surface area contributed by atoms with Gasteiger partial charge in [0.25, 0.3) is 0 Å². The average molecular weight is 303 g/mol. The third kappa shape index (κ3) is 4.91. The molecule has 1 heterocycles. The van der Waals surface area contributed by atoms with E-state index in [2.05, 4.69) is 40.4 Å². The van der Waals surface area contributed by atoms with Crippen LogP contribution in [0.15, 0.2) is 21.2 Å². The zero-order valence-electron chi connectivity index (χ0n) is 10.4. The first-order valence-corrected chi connectivity index (χ1v) is 6.53. The van der Waals surface area contributed by atoms with Gasteiger partial charge in [0.15, 0.2) is 0 Å². The molecule has 1 aromatic rings. The van der Waals surface area contributed by atoms with Gasteiger partial charge >= 0.3 is 0 Å². The highest BCUT2D eigenvalue weighted by Gasteiger charge is 2.13. The van der Waals surface area contributed by atoms with E-state index < -0.39 is 0 Å². The summed E-state index contributed by atoms with van der Waals surface area (Å²) in [7, 11) is 0. The number of carbonyl (C=O) groups is 1. The van der Waals surface area contributed by atoms with Gasteiger partial charge in [-0.2, -0.15) is 0 Å². The van der Waals surface area contributed by atoms with E-state index >= 15 is 0 Å². The number of hydrogen-bond acceptors (Lipinski definition) is 3. The van der Waals surface area contributed by atoms with Gasteiger partial charge in [-0.3, -0.25) is 10.1 Å². The lowest BCUT2D eigenvalue weighted by Crippen LogP contribution is -2.42. The molecule has 96 valence electrons. The van der Waals surface area contributed by atoms with Crippen molar-refractivity contribution >= 4 is 21.8 Å². The highest BCUT2D eigenvalue weighted by atomic mass is 79.9. The van der Waals surface area contributed by atoms with Crippen LogP contribution in [0.2, 0.25) is 0 Å². The van der Waals surface area contributed by atoms with E-state index in [4.69, 9.17) is 4.42 Å². The lowest BCUT2D eigenvalue weighted by molar-refractivity contribution is -0.122. The lowest BCUT2D eigenvalue weighted by Gasteiger charge is -2.14. The number of nitrogens with one attached hydrogen (secondary N) is 2. The van der Waals surface area contributed by atoms with Crippen LogP contribution in [0, 0.1) is 5.92 Å². The third-order valence-corrected chi connectivity index (χ3v) is 3.04. The first-order valence-electron chi connectivity index (χ1n) is 5.73. The van der Waals surface area contributed by atoms with E-state index in [0.29, 0.717) is 19.0 Å². The van der Waals surface area contributed by atoms with Gasteiger partial charge in [-0.15, -0.1) is 0 Å². The minimum atomic E-state index is -0.231. The van der Waals surface area contributed by atoms with E-state index in [1.807, 2.05) is 13.0 Å². The predicted molar refractivity (Wildman–Crippen MR) is 70.6 cm³/mol. The monoisotopic (exact) mass is 302 g/mol. The summed E-state index contributed by atoms with van der Waals surface area (Å²) in [6.45, 7) is 7.21. The van der Waals surface area contributed by atoms with Gasteiger partial charge < -0.3 is 9.73 Å². The molecule has 0 saturated carbocycles. The number of halogens is 1. The van der Waals surface area contributed by atoms with Gasteiger partial charge in [-0.1, -0.05) is 13.8 Å². The molecule has 0 saturated heterocycles. The van der Waals surface area contributed by atoms with Crippen LogP contribution in [0.25, 0.3) is 0 Å². The molecule has 0 bridgehead atoms. The van der Waals surface area contributed by atoms with Gasteiger partial charge in [0, 0.05) is 6.54 Å². The second-order valence-corrected chi connectivity index (χ2v) is 5.29. The molecule has 0 spiro atoms. The van der Waals surface area contributed by atoms with Crippen molar-refractivity contribution in [3.63, 3.8) is 0 Å². The van der Waals surface area contributed by atoms with Gasteiger partial charge in [0.05, 0.1) is 23.3 Å². The minimum absolute atomic E-state index is 0.0152. The Labute approximate surface area is 110 Å². The Morgan fingerprint density at radius 1 is 1.47 bits per heavy atom. The molecule has 1 unspecified atom stereocenters. The van der Waals surface area contributed by atoms with E-state index in [9.17, 15) is 4.79 Å². The molecule has 1 rings (SSSR count). The van der Waals surface area contributed by atoms with E-state index in [1.165, 1.54) is 0 Å². The molecule has 5 heteroatoms. The quantitative estimate of drug-likeness (QED) is 0.848. The Bertz CT molecular complexity index is 363. The standard InChI is InChI=1S/C12H19BrN2O2/c1-8(2)6-15-12(16)9(3)14-7-11-10(13)4-5-17-11/h4-5,8-9,14H,6-7H2,1-3H3,(H,15,16). The summed E-state index contributed by atoms with van der Waals surface area (Å²) in [6, 6.07) is 1.60. The van der Waals surface area contributed by atoms with Crippen molar-refractivity contribution in [1.82, 2.24) is 10.6 Å².